The minimum atomic E-state index is 0.691. The van der Waals surface area contributed by atoms with Gasteiger partial charge in [0.1, 0.15) is 0 Å². The number of nitrogens with one attached hydrogen (secondary N) is 1. The standard InChI is InChI=1S/C16H18Cl2N2/c1-11-8-15(18)16(9-14(11)17)19-10-12-4-6-13(7-5-12)20(2)3/h4-9,19H,10H2,1-3H3. The number of hydrogen-bond acceptors (Lipinski definition) is 2. The molecule has 0 unspecified atom stereocenters. The molecule has 0 saturated carbocycles. The van der Waals surface area contributed by atoms with Crippen LogP contribution in [0.25, 0.3) is 0 Å². The fraction of sp³-hybridized carbons (Fsp3) is 0.250. The van der Waals surface area contributed by atoms with Gasteiger partial charge in [0, 0.05) is 31.4 Å². The lowest BCUT2D eigenvalue weighted by molar-refractivity contribution is 1.11. The van der Waals surface area contributed by atoms with Crippen LogP contribution in [0.4, 0.5) is 11.4 Å². The molecule has 0 radical (unpaired) electrons. The number of aryl methyl sites for hydroxylation is 1. The molecule has 0 saturated heterocycles. The zero-order valence-electron chi connectivity index (χ0n) is 11.9. The number of hydrogen-bond donors (Lipinski definition) is 1. The average Bonchev–Trinajstić information content (AvgIpc) is 2.42. The van der Waals surface area contributed by atoms with Gasteiger partial charge in [0.15, 0.2) is 0 Å². The van der Waals surface area contributed by atoms with E-state index in [2.05, 4.69) is 34.5 Å². The summed E-state index contributed by atoms with van der Waals surface area (Å²) in [5.41, 5.74) is 4.23. The van der Waals surface area contributed by atoms with Gasteiger partial charge in [0.25, 0.3) is 0 Å². The summed E-state index contributed by atoms with van der Waals surface area (Å²) in [7, 11) is 4.06. The van der Waals surface area contributed by atoms with Crippen LogP contribution in [0.5, 0.6) is 0 Å². The van der Waals surface area contributed by atoms with E-state index in [1.165, 1.54) is 11.3 Å². The van der Waals surface area contributed by atoms with Gasteiger partial charge in [-0.2, -0.15) is 0 Å². The summed E-state index contributed by atoms with van der Waals surface area (Å²) < 4.78 is 0. The Morgan fingerprint density at radius 1 is 1.00 bits per heavy atom. The van der Waals surface area contributed by atoms with E-state index in [0.29, 0.717) is 11.6 Å². The van der Waals surface area contributed by atoms with Crippen molar-refractivity contribution in [2.24, 2.45) is 0 Å². The summed E-state index contributed by atoms with van der Waals surface area (Å²) in [4.78, 5) is 2.08. The lowest BCUT2D eigenvalue weighted by Gasteiger charge is -2.14. The first-order valence-corrected chi connectivity index (χ1v) is 7.19. The van der Waals surface area contributed by atoms with Crippen molar-refractivity contribution in [3.63, 3.8) is 0 Å². The maximum atomic E-state index is 6.21. The summed E-state index contributed by atoms with van der Waals surface area (Å²) in [6, 6.07) is 12.1. The van der Waals surface area contributed by atoms with Gasteiger partial charge in [-0.1, -0.05) is 35.3 Å². The van der Waals surface area contributed by atoms with Gasteiger partial charge < -0.3 is 10.2 Å². The zero-order valence-corrected chi connectivity index (χ0v) is 13.4. The van der Waals surface area contributed by atoms with Crippen LogP contribution < -0.4 is 10.2 Å². The van der Waals surface area contributed by atoms with Gasteiger partial charge in [-0.15, -0.1) is 0 Å². The van der Waals surface area contributed by atoms with Crippen molar-refractivity contribution >= 4 is 34.6 Å². The van der Waals surface area contributed by atoms with E-state index < -0.39 is 0 Å². The number of rotatable bonds is 4. The molecule has 0 aromatic heterocycles. The van der Waals surface area contributed by atoms with E-state index in [4.69, 9.17) is 23.2 Å². The molecule has 2 aromatic rings. The fourth-order valence-corrected chi connectivity index (χ4v) is 2.34. The van der Waals surface area contributed by atoms with Crippen LogP contribution in [0.1, 0.15) is 11.1 Å². The van der Waals surface area contributed by atoms with Crippen LogP contribution in [0.3, 0.4) is 0 Å². The van der Waals surface area contributed by atoms with Crippen LogP contribution >= 0.6 is 23.2 Å². The Labute approximate surface area is 130 Å². The first-order valence-electron chi connectivity index (χ1n) is 6.43. The highest BCUT2D eigenvalue weighted by atomic mass is 35.5. The van der Waals surface area contributed by atoms with E-state index in [1.807, 2.05) is 33.2 Å². The molecule has 20 heavy (non-hydrogen) atoms. The van der Waals surface area contributed by atoms with Gasteiger partial charge in [-0.3, -0.25) is 0 Å². The lowest BCUT2D eigenvalue weighted by Crippen LogP contribution is -2.08. The lowest BCUT2D eigenvalue weighted by atomic mass is 10.2. The quantitative estimate of drug-likeness (QED) is 0.857. The molecule has 1 N–H and O–H groups in total. The van der Waals surface area contributed by atoms with Crippen LogP contribution in [-0.2, 0) is 6.54 Å². The second-order valence-electron chi connectivity index (χ2n) is 5.00. The molecule has 4 heteroatoms. The third-order valence-electron chi connectivity index (χ3n) is 3.18. The topological polar surface area (TPSA) is 15.3 Å². The Bertz CT molecular complexity index is 592. The molecule has 0 aliphatic heterocycles. The Morgan fingerprint density at radius 2 is 1.65 bits per heavy atom. The Balaban J connectivity index is 2.07. The van der Waals surface area contributed by atoms with E-state index in [0.717, 1.165) is 16.3 Å². The smallest absolute Gasteiger partial charge is 0.0641 e. The highest BCUT2D eigenvalue weighted by Crippen LogP contribution is 2.29. The molecule has 0 heterocycles. The summed E-state index contributed by atoms with van der Waals surface area (Å²) >= 11 is 12.3. The van der Waals surface area contributed by atoms with Crippen molar-refractivity contribution in [2.45, 2.75) is 13.5 Å². The number of nitrogens with zero attached hydrogens (tertiary/aromatic N) is 1. The summed E-state index contributed by atoms with van der Waals surface area (Å²) in [5.74, 6) is 0. The van der Waals surface area contributed by atoms with Crippen molar-refractivity contribution in [3.8, 4) is 0 Å². The van der Waals surface area contributed by atoms with E-state index in [-0.39, 0.29) is 0 Å². The molecule has 0 bridgehead atoms. The molecule has 2 nitrogen and oxygen atoms in total. The SMILES string of the molecule is Cc1cc(Cl)c(NCc2ccc(N(C)C)cc2)cc1Cl. The molecule has 0 amide bonds. The average molecular weight is 309 g/mol. The first-order chi connectivity index (χ1) is 9.47. The van der Waals surface area contributed by atoms with Gasteiger partial charge in [0.05, 0.1) is 10.7 Å². The Morgan fingerprint density at radius 3 is 2.25 bits per heavy atom. The van der Waals surface area contributed by atoms with Crippen LogP contribution in [0.2, 0.25) is 10.0 Å². The molecule has 0 aliphatic carbocycles. The summed E-state index contributed by atoms with van der Waals surface area (Å²) in [5, 5.41) is 4.73. The van der Waals surface area contributed by atoms with Gasteiger partial charge >= 0.3 is 0 Å². The monoisotopic (exact) mass is 308 g/mol. The zero-order chi connectivity index (χ0) is 14.7. The molecule has 0 aliphatic rings. The van der Waals surface area contributed by atoms with Gasteiger partial charge in [-0.05, 0) is 42.3 Å². The van der Waals surface area contributed by atoms with Crippen LogP contribution in [0.15, 0.2) is 36.4 Å². The number of halogens is 2. The molecule has 2 aromatic carbocycles. The van der Waals surface area contributed by atoms with Crippen LogP contribution in [-0.4, -0.2) is 14.1 Å². The molecule has 0 atom stereocenters. The second-order valence-corrected chi connectivity index (χ2v) is 5.81. The first kappa shape index (κ1) is 15.0. The van der Waals surface area contributed by atoms with E-state index >= 15 is 0 Å². The normalized spacial score (nSPS) is 10.4. The molecular weight excluding hydrogens is 291 g/mol. The van der Waals surface area contributed by atoms with Crippen molar-refractivity contribution in [1.29, 1.82) is 0 Å². The molecule has 0 spiro atoms. The maximum absolute atomic E-state index is 6.21. The van der Waals surface area contributed by atoms with Crippen molar-refractivity contribution < 1.29 is 0 Å². The largest absolute Gasteiger partial charge is 0.380 e. The fourth-order valence-electron chi connectivity index (χ4n) is 1.89. The minimum absolute atomic E-state index is 0.691. The highest BCUT2D eigenvalue weighted by Gasteiger charge is 2.04. The van der Waals surface area contributed by atoms with Crippen LogP contribution in [0, 0.1) is 6.92 Å². The third-order valence-corrected chi connectivity index (χ3v) is 3.90. The number of benzene rings is 2. The van der Waals surface area contributed by atoms with Gasteiger partial charge in [-0.25, -0.2) is 0 Å². The molecular formula is C16H18Cl2N2. The predicted octanol–water partition coefficient (Wildman–Crippen LogP) is 4.98. The third kappa shape index (κ3) is 3.59. The predicted molar refractivity (Wildman–Crippen MR) is 89.3 cm³/mol. The van der Waals surface area contributed by atoms with Gasteiger partial charge in [0.2, 0.25) is 0 Å². The number of anilines is 2. The summed E-state index contributed by atoms with van der Waals surface area (Å²) in [6.07, 6.45) is 0. The molecule has 106 valence electrons. The highest BCUT2D eigenvalue weighted by molar-refractivity contribution is 6.35. The Kier molecular flexibility index (Phi) is 4.79. The van der Waals surface area contributed by atoms with E-state index in [9.17, 15) is 0 Å². The van der Waals surface area contributed by atoms with E-state index in [1.54, 1.807) is 0 Å². The Hall–Kier alpha value is -1.38. The minimum Gasteiger partial charge on any atom is -0.380 e. The molecule has 0 fully saturated rings. The maximum Gasteiger partial charge on any atom is 0.0641 e. The molecule has 2 rings (SSSR count). The van der Waals surface area contributed by atoms with Crippen molar-refractivity contribution in [1.82, 2.24) is 0 Å². The second kappa shape index (κ2) is 6.38. The van der Waals surface area contributed by atoms with Crippen molar-refractivity contribution in [3.05, 3.63) is 57.6 Å². The summed E-state index contributed by atoms with van der Waals surface area (Å²) in [6.45, 7) is 2.66. The van der Waals surface area contributed by atoms with Crippen molar-refractivity contribution in [2.75, 3.05) is 24.3 Å².